The molecule has 3 rings (SSSR count). The SMILES string of the molecule is COc1ccc(NC(=O)COC(=O)c2nn(-c3ccccc3)nc2C)c([N+](=O)[O-])c1. The summed E-state index contributed by atoms with van der Waals surface area (Å²) in [5, 5.41) is 21.8. The molecule has 0 bridgehead atoms. The monoisotopic (exact) mass is 411 g/mol. The van der Waals surface area contributed by atoms with Gasteiger partial charge in [0.05, 0.1) is 29.5 Å². The third kappa shape index (κ3) is 4.58. The van der Waals surface area contributed by atoms with Crippen molar-refractivity contribution in [1.29, 1.82) is 0 Å². The highest BCUT2D eigenvalue weighted by Crippen LogP contribution is 2.28. The second-order valence-electron chi connectivity index (χ2n) is 6.02. The molecule has 1 heterocycles. The molecule has 0 saturated heterocycles. The molecule has 1 amide bonds. The Labute approximate surface area is 170 Å². The molecule has 2 aromatic carbocycles. The van der Waals surface area contributed by atoms with Gasteiger partial charge < -0.3 is 14.8 Å². The van der Waals surface area contributed by atoms with Gasteiger partial charge in [-0.2, -0.15) is 9.90 Å². The fraction of sp³-hybridized carbons (Fsp3) is 0.158. The maximum Gasteiger partial charge on any atom is 0.361 e. The molecular formula is C19H17N5O6. The fourth-order valence-electron chi connectivity index (χ4n) is 2.53. The maximum absolute atomic E-state index is 12.3. The van der Waals surface area contributed by atoms with Crippen molar-refractivity contribution in [3.05, 3.63) is 70.0 Å². The van der Waals surface area contributed by atoms with Crippen LogP contribution >= 0.6 is 0 Å². The average Bonchev–Trinajstić information content (AvgIpc) is 3.14. The Morgan fingerprint density at radius 3 is 2.57 bits per heavy atom. The molecule has 0 aliphatic heterocycles. The van der Waals surface area contributed by atoms with Crippen LogP contribution in [-0.4, -0.2) is 45.5 Å². The largest absolute Gasteiger partial charge is 0.496 e. The van der Waals surface area contributed by atoms with E-state index in [4.69, 9.17) is 9.47 Å². The van der Waals surface area contributed by atoms with Gasteiger partial charge in [0, 0.05) is 0 Å². The summed E-state index contributed by atoms with van der Waals surface area (Å²) >= 11 is 0. The number of nitrogens with one attached hydrogen (secondary N) is 1. The van der Waals surface area contributed by atoms with Crippen LogP contribution in [0.1, 0.15) is 16.2 Å². The van der Waals surface area contributed by atoms with Crippen LogP contribution < -0.4 is 10.1 Å². The Balaban J connectivity index is 1.65. The summed E-state index contributed by atoms with van der Waals surface area (Å²) in [6, 6.07) is 12.9. The number of aromatic nitrogens is 3. The summed E-state index contributed by atoms with van der Waals surface area (Å²) < 4.78 is 9.91. The van der Waals surface area contributed by atoms with Gasteiger partial charge in [0.2, 0.25) is 0 Å². The first-order valence-corrected chi connectivity index (χ1v) is 8.68. The van der Waals surface area contributed by atoms with Crippen molar-refractivity contribution in [2.24, 2.45) is 0 Å². The Kier molecular flexibility index (Phi) is 6.01. The highest BCUT2D eigenvalue weighted by molar-refractivity contribution is 5.96. The molecule has 0 fully saturated rings. The zero-order valence-electron chi connectivity index (χ0n) is 16.1. The zero-order valence-corrected chi connectivity index (χ0v) is 16.1. The van der Waals surface area contributed by atoms with Crippen LogP contribution in [0.4, 0.5) is 11.4 Å². The van der Waals surface area contributed by atoms with E-state index in [0.29, 0.717) is 11.4 Å². The lowest BCUT2D eigenvalue weighted by atomic mass is 10.2. The molecule has 154 valence electrons. The molecule has 0 radical (unpaired) electrons. The summed E-state index contributed by atoms with van der Waals surface area (Å²) in [5.41, 5.74) is 0.546. The van der Waals surface area contributed by atoms with E-state index in [-0.39, 0.29) is 22.8 Å². The standard InChI is InChI=1S/C19H17N5O6/c1-12-18(22-23(21-12)13-6-4-3-5-7-13)19(26)30-11-17(25)20-15-9-8-14(29-2)10-16(15)24(27)28/h3-10H,11H2,1-2H3,(H,20,25). The van der Waals surface area contributed by atoms with E-state index in [2.05, 4.69) is 15.5 Å². The van der Waals surface area contributed by atoms with Crippen molar-refractivity contribution >= 4 is 23.3 Å². The number of nitrogens with zero attached hydrogens (tertiary/aromatic N) is 4. The molecule has 11 heteroatoms. The van der Waals surface area contributed by atoms with Gasteiger partial charge in [-0.15, -0.1) is 5.10 Å². The van der Waals surface area contributed by atoms with Crippen LogP contribution in [0.2, 0.25) is 0 Å². The van der Waals surface area contributed by atoms with E-state index in [9.17, 15) is 19.7 Å². The molecule has 3 aromatic rings. The Morgan fingerprint density at radius 2 is 1.90 bits per heavy atom. The van der Waals surface area contributed by atoms with Crippen LogP contribution in [0.15, 0.2) is 48.5 Å². The number of carbonyl (C=O) groups excluding carboxylic acids is 2. The maximum atomic E-state index is 12.3. The lowest BCUT2D eigenvalue weighted by molar-refractivity contribution is -0.384. The molecule has 0 unspecified atom stereocenters. The van der Waals surface area contributed by atoms with Gasteiger partial charge in [-0.3, -0.25) is 14.9 Å². The van der Waals surface area contributed by atoms with Crippen LogP contribution in [0.25, 0.3) is 5.69 Å². The van der Waals surface area contributed by atoms with E-state index in [0.717, 1.165) is 0 Å². The molecule has 11 nitrogen and oxygen atoms in total. The number of methoxy groups -OCH3 is 1. The van der Waals surface area contributed by atoms with Crippen LogP contribution in [0.3, 0.4) is 0 Å². The number of hydrogen-bond donors (Lipinski definition) is 1. The molecule has 0 atom stereocenters. The topological polar surface area (TPSA) is 138 Å². The van der Waals surface area contributed by atoms with Gasteiger partial charge in [0.25, 0.3) is 11.6 Å². The van der Waals surface area contributed by atoms with E-state index >= 15 is 0 Å². The van der Waals surface area contributed by atoms with Crippen LogP contribution in [-0.2, 0) is 9.53 Å². The molecule has 30 heavy (non-hydrogen) atoms. The van der Waals surface area contributed by atoms with Crippen LogP contribution in [0.5, 0.6) is 5.75 Å². The second kappa shape index (κ2) is 8.82. The predicted octanol–water partition coefficient (Wildman–Crippen LogP) is 2.29. The van der Waals surface area contributed by atoms with Gasteiger partial charge in [-0.25, -0.2) is 4.79 Å². The minimum atomic E-state index is -0.839. The van der Waals surface area contributed by atoms with E-state index < -0.39 is 23.4 Å². The van der Waals surface area contributed by atoms with Gasteiger partial charge in [-0.05, 0) is 31.2 Å². The molecule has 0 saturated carbocycles. The van der Waals surface area contributed by atoms with Gasteiger partial charge in [0.15, 0.2) is 12.3 Å². The smallest absolute Gasteiger partial charge is 0.361 e. The number of ether oxygens (including phenoxy) is 2. The number of carbonyl (C=O) groups is 2. The number of amides is 1. The minimum Gasteiger partial charge on any atom is -0.496 e. The number of hydrogen-bond acceptors (Lipinski definition) is 8. The first kappa shape index (κ1) is 20.5. The highest BCUT2D eigenvalue weighted by Gasteiger charge is 2.21. The van der Waals surface area contributed by atoms with Gasteiger partial charge >= 0.3 is 5.97 Å². The number of esters is 1. The number of anilines is 1. The number of nitro groups is 1. The summed E-state index contributed by atoms with van der Waals surface area (Å²) in [4.78, 5) is 36.2. The summed E-state index contributed by atoms with van der Waals surface area (Å²) in [5.74, 6) is -1.32. The number of aryl methyl sites for hydroxylation is 1. The summed E-state index contributed by atoms with van der Waals surface area (Å²) in [7, 11) is 1.37. The number of nitro benzene ring substituents is 1. The first-order valence-electron chi connectivity index (χ1n) is 8.68. The number of benzene rings is 2. The molecular weight excluding hydrogens is 394 g/mol. The highest BCUT2D eigenvalue weighted by atomic mass is 16.6. The minimum absolute atomic E-state index is 0.0397. The normalized spacial score (nSPS) is 10.3. The lowest BCUT2D eigenvalue weighted by Gasteiger charge is -2.08. The molecule has 1 aromatic heterocycles. The first-order chi connectivity index (χ1) is 14.4. The van der Waals surface area contributed by atoms with Crippen molar-refractivity contribution in [1.82, 2.24) is 15.0 Å². The lowest BCUT2D eigenvalue weighted by Crippen LogP contribution is -2.22. The second-order valence-corrected chi connectivity index (χ2v) is 6.02. The van der Waals surface area contributed by atoms with Crippen molar-refractivity contribution in [2.45, 2.75) is 6.92 Å². The van der Waals surface area contributed by atoms with E-state index in [1.54, 1.807) is 31.2 Å². The molecule has 0 aliphatic rings. The number of para-hydroxylation sites is 1. The van der Waals surface area contributed by atoms with E-state index in [1.807, 2.05) is 6.07 Å². The summed E-state index contributed by atoms with van der Waals surface area (Å²) in [6.45, 7) is 0.934. The quantitative estimate of drug-likeness (QED) is 0.355. The summed E-state index contributed by atoms with van der Waals surface area (Å²) in [6.07, 6.45) is 0. The van der Waals surface area contributed by atoms with Crippen molar-refractivity contribution in [2.75, 3.05) is 19.0 Å². The fourth-order valence-corrected chi connectivity index (χ4v) is 2.53. The molecule has 0 aliphatic carbocycles. The van der Waals surface area contributed by atoms with Gasteiger partial charge in [0.1, 0.15) is 11.4 Å². The third-order valence-electron chi connectivity index (χ3n) is 3.97. The van der Waals surface area contributed by atoms with Gasteiger partial charge in [-0.1, -0.05) is 18.2 Å². The Hall–Kier alpha value is -4.28. The zero-order chi connectivity index (χ0) is 21.7. The number of rotatable bonds is 7. The Bertz CT molecular complexity index is 1100. The van der Waals surface area contributed by atoms with Crippen molar-refractivity contribution in [3.63, 3.8) is 0 Å². The predicted molar refractivity (Wildman–Crippen MR) is 105 cm³/mol. The van der Waals surface area contributed by atoms with Crippen molar-refractivity contribution < 1.29 is 24.0 Å². The average molecular weight is 411 g/mol. The third-order valence-corrected chi connectivity index (χ3v) is 3.97. The Morgan fingerprint density at radius 1 is 1.17 bits per heavy atom. The van der Waals surface area contributed by atoms with E-state index in [1.165, 1.54) is 30.1 Å². The van der Waals surface area contributed by atoms with Crippen LogP contribution in [0, 0.1) is 17.0 Å². The molecule has 1 N–H and O–H groups in total. The van der Waals surface area contributed by atoms with Crippen molar-refractivity contribution in [3.8, 4) is 11.4 Å². The molecule has 0 spiro atoms.